The van der Waals surface area contributed by atoms with Gasteiger partial charge < -0.3 is 14.5 Å². The molecule has 1 unspecified atom stereocenters. The van der Waals surface area contributed by atoms with E-state index in [1.54, 1.807) is 31.6 Å². The Morgan fingerprint density at radius 3 is 2.36 bits per heavy atom. The minimum Gasteiger partial charge on any atom is -0.445 e. The van der Waals surface area contributed by atoms with E-state index in [4.69, 9.17) is 4.74 Å². The Morgan fingerprint density at radius 1 is 1.02 bits per heavy atom. The lowest BCUT2D eigenvalue weighted by Gasteiger charge is -2.36. The molecule has 230 valence electrons. The first-order chi connectivity index (χ1) is 21.0. The van der Waals surface area contributed by atoms with Crippen LogP contribution in [0.25, 0.3) is 0 Å². The summed E-state index contributed by atoms with van der Waals surface area (Å²) in [5.74, 6) is -0.984. The van der Waals surface area contributed by atoms with Gasteiger partial charge in [-0.3, -0.25) is 29.2 Å². The molecule has 0 aliphatic carbocycles. The number of anilines is 1. The molecule has 2 saturated heterocycles. The van der Waals surface area contributed by atoms with E-state index in [0.29, 0.717) is 30.6 Å². The van der Waals surface area contributed by atoms with Crippen LogP contribution in [-0.4, -0.2) is 76.3 Å². The van der Waals surface area contributed by atoms with Crippen LogP contribution in [0.5, 0.6) is 0 Å². The van der Waals surface area contributed by atoms with E-state index in [2.05, 4.69) is 25.8 Å². The molecule has 2 atom stereocenters. The van der Waals surface area contributed by atoms with Crippen molar-refractivity contribution in [2.24, 2.45) is 0 Å². The molecule has 0 bridgehead atoms. The summed E-state index contributed by atoms with van der Waals surface area (Å²) < 4.78 is 5.62. The van der Waals surface area contributed by atoms with Crippen LogP contribution in [0.2, 0.25) is 0 Å². The number of hydrogen-bond donors (Lipinski definition) is 0. The normalized spacial score (nSPS) is 17.5. The number of carbonyl (C=O) groups excluding carboxylic acids is 4. The van der Waals surface area contributed by atoms with Gasteiger partial charge in [-0.15, -0.1) is 0 Å². The van der Waals surface area contributed by atoms with Crippen LogP contribution < -0.4 is 4.90 Å². The van der Waals surface area contributed by atoms with Gasteiger partial charge in [0.1, 0.15) is 25.2 Å². The summed E-state index contributed by atoms with van der Waals surface area (Å²) in [6, 6.07) is 18.5. The quantitative estimate of drug-likeness (QED) is 0.397. The van der Waals surface area contributed by atoms with Gasteiger partial charge in [-0.25, -0.2) is 4.79 Å². The van der Waals surface area contributed by atoms with Crippen LogP contribution in [0.1, 0.15) is 56.3 Å². The van der Waals surface area contributed by atoms with Gasteiger partial charge in [-0.1, -0.05) is 69.3 Å². The maximum atomic E-state index is 14.7. The Labute approximate surface area is 258 Å². The van der Waals surface area contributed by atoms with E-state index >= 15 is 0 Å². The Hall–Kier alpha value is -4.73. The van der Waals surface area contributed by atoms with E-state index in [1.165, 1.54) is 19.6 Å². The predicted octanol–water partition coefficient (Wildman–Crippen LogP) is 4.51. The first kappa shape index (κ1) is 30.7. The van der Waals surface area contributed by atoms with E-state index in [9.17, 15) is 19.2 Å². The first-order valence-electron chi connectivity index (χ1n) is 14.9. The Morgan fingerprint density at radius 2 is 1.75 bits per heavy atom. The van der Waals surface area contributed by atoms with Crippen molar-refractivity contribution < 1.29 is 23.9 Å². The van der Waals surface area contributed by atoms with Crippen LogP contribution in [0.4, 0.5) is 10.5 Å². The molecule has 2 fully saturated rings. The fraction of sp³-hybridized carbons (Fsp3) is 0.382. The second kappa shape index (κ2) is 12.9. The van der Waals surface area contributed by atoms with Gasteiger partial charge in [0.2, 0.25) is 5.91 Å². The van der Waals surface area contributed by atoms with Gasteiger partial charge in [0.25, 0.3) is 11.8 Å². The highest BCUT2D eigenvalue weighted by atomic mass is 16.6. The van der Waals surface area contributed by atoms with Gasteiger partial charge in [0.15, 0.2) is 0 Å². The highest BCUT2D eigenvalue weighted by Gasteiger charge is 2.44. The number of hydrogen-bond acceptors (Lipinski definition) is 6. The second-order valence-corrected chi connectivity index (χ2v) is 12.4. The average Bonchev–Trinajstić information content (AvgIpc) is 3.65. The maximum absolute atomic E-state index is 14.7. The number of benzene rings is 2. The fourth-order valence-corrected chi connectivity index (χ4v) is 5.66. The van der Waals surface area contributed by atoms with Gasteiger partial charge >= 0.3 is 6.09 Å². The van der Waals surface area contributed by atoms with Crippen molar-refractivity contribution in [2.75, 3.05) is 31.7 Å². The van der Waals surface area contributed by atoms with Crippen LogP contribution in [0.15, 0.2) is 79.1 Å². The molecular weight excluding hydrogens is 558 g/mol. The van der Waals surface area contributed by atoms with Gasteiger partial charge in [0.05, 0.1) is 6.67 Å². The third kappa shape index (κ3) is 6.59. The molecule has 0 N–H and O–H groups in total. The molecule has 10 heteroatoms. The van der Waals surface area contributed by atoms with Crippen LogP contribution in [-0.2, 0) is 31.1 Å². The van der Waals surface area contributed by atoms with Crippen molar-refractivity contribution in [3.63, 3.8) is 0 Å². The van der Waals surface area contributed by atoms with Crippen LogP contribution in [0, 0.1) is 0 Å². The lowest BCUT2D eigenvalue weighted by Crippen LogP contribution is -2.52. The molecule has 10 nitrogen and oxygen atoms in total. The minimum atomic E-state index is -1.11. The molecule has 0 spiro atoms. The standard InChI is InChI=1S/C34H39N5O5/c1-34(2,3)26-14-16-27(17-15-26)39(30(25-12-8-18-35-20-25)32(42)37-21-29(40)36(4)23-37)31(41)28-13-9-19-38(28)33(43)44-22-24-10-6-5-7-11-24/h5-8,10-12,14-18,20,28,30H,9,13,19,21-23H2,1-4H3/t28-,30?/m1/s1. The lowest BCUT2D eigenvalue weighted by atomic mass is 9.87. The Bertz CT molecular complexity index is 1490. The van der Waals surface area contributed by atoms with Gasteiger partial charge in [0, 0.05) is 37.2 Å². The predicted molar refractivity (Wildman–Crippen MR) is 165 cm³/mol. The molecule has 3 heterocycles. The van der Waals surface area contributed by atoms with Crippen molar-refractivity contribution in [1.29, 1.82) is 0 Å². The highest BCUT2D eigenvalue weighted by molar-refractivity contribution is 6.05. The number of amides is 4. The highest BCUT2D eigenvalue weighted by Crippen LogP contribution is 2.34. The molecule has 2 aromatic carbocycles. The zero-order chi connectivity index (χ0) is 31.4. The third-order valence-electron chi connectivity index (χ3n) is 8.17. The summed E-state index contributed by atoms with van der Waals surface area (Å²) in [6.45, 7) is 6.78. The number of rotatable bonds is 7. The van der Waals surface area contributed by atoms with Crippen molar-refractivity contribution in [1.82, 2.24) is 19.7 Å². The van der Waals surface area contributed by atoms with Gasteiger partial charge in [-0.05, 0) is 47.6 Å². The average molecular weight is 598 g/mol. The summed E-state index contributed by atoms with van der Waals surface area (Å²) in [5.41, 5.74) is 2.79. The van der Waals surface area contributed by atoms with Crippen molar-refractivity contribution in [3.05, 3.63) is 95.8 Å². The zero-order valence-corrected chi connectivity index (χ0v) is 25.7. The summed E-state index contributed by atoms with van der Waals surface area (Å²) in [5, 5.41) is 0. The topological polar surface area (TPSA) is 103 Å². The summed E-state index contributed by atoms with van der Waals surface area (Å²) in [4.78, 5) is 64.8. The summed E-state index contributed by atoms with van der Waals surface area (Å²) >= 11 is 0. The Kier molecular flexibility index (Phi) is 8.98. The number of ether oxygens (including phenoxy) is 1. The molecule has 2 aliphatic heterocycles. The van der Waals surface area contributed by atoms with Crippen molar-refractivity contribution in [3.8, 4) is 0 Å². The van der Waals surface area contributed by atoms with E-state index in [-0.39, 0.29) is 31.1 Å². The molecule has 44 heavy (non-hydrogen) atoms. The molecule has 1 aromatic heterocycles. The number of likely N-dealkylation sites (N-methyl/N-ethyl adjacent to an activating group) is 1. The number of carbonyl (C=O) groups is 4. The van der Waals surface area contributed by atoms with E-state index in [1.807, 2.05) is 54.6 Å². The third-order valence-corrected chi connectivity index (χ3v) is 8.17. The van der Waals surface area contributed by atoms with Crippen molar-refractivity contribution in [2.45, 2.75) is 57.7 Å². The number of aromatic nitrogens is 1. The van der Waals surface area contributed by atoms with Crippen LogP contribution in [0.3, 0.4) is 0 Å². The second-order valence-electron chi connectivity index (χ2n) is 12.4. The largest absolute Gasteiger partial charge is 0.445 e. The molecule has 0 saturated carbocycles. The zero-order valence-electron chi connectivity index (χ0n) is 25.7. The molecule has 3 aromatic rings. The molecule has 4 amide bonds. The van der Waals surface area contributed by atoms with E-state index < -0.39 is 30.0 Å². The minimum absolute atomic E-state index is 0.0849. The summed E-state index contributed by atoms with van der Waals surface area (Å²) in [7, 11) is 1.64. The number of likely N-dealkylation sites (tertiary alicyclic amines) is 1. The lowest BCUT2D eigenvalue weighted by molar-refractivity contribution is -0.135. The number of nitrogens with zero attached hydrogens (tertiary/aromatic N) is 5. The van der Waals surface area contributed by atoms with Gasteiger partial charge in [-0.2, -0.15) is 0 Å². The SMILES string of the molecule is CN1CN(C(=O)C(c2cccnc2)N(C(=O)[C@H]2CCCN2C(=O)OCc2ccccc2)c2ccc(C(C)(C)C)cc2)CC1=O. The van der Waals surface area contributed by atoms with Crippen molar-refractivity contribution >= 4 is 29.5 Å². The first-order valence-corrected chi connectivity index (χ1v) is 14.9. The maximum Gasteiger partial charge on any atom is 0.410 e. The monoisotopic (exact) mass is 597 g/mol. The molecule has 5 rings (SSSR count). The molecular formula is C34H39N5O5. The molecule has 0 radical (unpaired) electrons. The van der Waals surface area contributed by atoms with E-state index in [0.717, 1.165) is 11.1 Å². The fourth-order valence-electron chi connectivity index (χ4n) is 5.66. The van der Waals surface area contributed by atoms with Crippen LogP contribution >= 0.6 is 0 Å². The Balaban J connectivity index is 1.52. The smallest absolute Gasteiger partial charge is 0.410 e. The number of pyridine rings is 1. The molecule has 2 aliphatic rings. The summed E-state index contributed by atoms with van der Waals surface area (Å²) in [6.07, 6.45) is 3.63.